The predicted octanol–water partition coefficient (Wildman–Crippen LogP) is 8.56. The summed E-state index contributed by atoms with van der Waals surface area (Å²) in [6.07, 6.45) is 4.46. The van der Waals surface area contributed by atoms with Gasteiger partial charge in [-0.05, 0) is 65.6 Å². The Hall–Kier alpha value is -4.45. The van der Waals surface area contributed by atoms with Gasteiger partial charge in [-0.3, -0.25) is 0 Å². The number of phenols is 1. The SMILES string of the molecule is CCCCC(CC)COc1nc(-c2ccc3oc4cc5ccccc5cc4c3c2)nc(-c2ccccc2O)n1. The highest BCUT2D eigenvalue weighted by atomic mass is 16.5. The first-order valence-electron chi connectivity index (χ1n) is 13.7. The topological polar surface area (TPSA) is 81.3 Å². The van der Waals surface area contributed by atoms with E-state index in [0.29, 0.717) is 29.7 Å². The molecular weight excluding hydrogens is 486 g/mol. The predicted molar refractivity (Wildman–Crippen MR) is 156 cm³/mol. The molecule has 2 aromatic heterocycles. The number of fused-ring (bicyclic) bond motifs is 4. The zero-order valence-electron chi connectivity index (χ0n) is 22.2. The van der Waals surface area contributed by atoms with Gasteiger partial charge in [-0.1, -0.05) is 69.5 Å². The van der Waals surface area contributed by atoms with Gasteiger partial charge in [0.05, 0.1) is 12.2 Å². The normalized spacial score (nSPS) is 12.4. The number of unbranched alkanes of at least 4 members (excludes halogenated alkanes) is 1. The van der Waals surface area contributed by atoms with Gasteiger partial charge >= 0.3 is 6.01 Å². The summed E-state index contributed by atoms with van der Waals surface area (Å²) in [4.78, 5) is 14.1. The van der Waals surface area contributed by atoms with Crippen molar-refractivity contribution in [3.63, 3.8) is 0 Å². The van der Waals surface area contributed by atoms with Gasteiger partial charge in [0.15, 0.2) is 11.6 Å². The summed E-state index contributed by atoms with van der Waals surface area (Å²) in [5.74, 6) is 1.40. The second-order valence-electron chi connectivity index (χ2n) is 10.0. The molecule has 0 fully saturated rings. The van der Waals surface area contributed by atoms with Crippen molar-refractivity contribution in [3.8, 4) is 34.5 Å². The number of hydrogen-bond donors (Lipinski definition) is 1. The summed E-state index contributed by atoms with van der Waals surface area (Å²) in [7, 11) is 0. The standard InChI is InChI=1S/C33H31N3O3/c1-3-5-10-21(4-2)20-38-33-35-31(34-32(36-33)25-13-8-9-14-28(25)37)24-15-16-29-26(18-24)27-17-22-11-6-7-12-23(22)19-30(27)39-29/h6-9,11-19,21,37H,3-5,10,20H2,1-2H3. The van der Waals surface area contributed by atoms with Crippen LogP contribution >= 0.6 is 0 Å². The molecule has 6 rings (SSSR count). The Bertz CT molecular complexity index is 1780. The van der Waals surface area contributed by atoms with Gasteiger partial charge in [0, 0.05) is 16.3 Å². The minimum atomic E-state index is 0.109. The molecule has 6 heteroatoms. The lowest BCUT2D eigenvalue weighted by atomic mass is 10.0. The smallest absolute Gasteiger partial charge is 0.320 e. The molecule has 1 N–H and O–H groups in total. The molecule has 6 aromatic rings. The van der Waals surface area contributed by atoms with E-state index in [1.807, 2.05) is 30.3 Å². The Balaban J connectivity index is 1.44. The van der Waals surface area contributed by atoms with E-state index < -0.39 is 0 Å². The first kappa shape index (κ1) is 24.9. The average molecular weight is 518 g/mol. The molecule has 6 nitrogen and oxygen atoms in total. The Morgan fingerprint density at radius 2 is 1.54 bits per heavy atom. The van der Waals surface area contributed by atoms with Crippen LogP contribution < -0.4 is 4.74 Å². The molecule has 2 heterocycles. The first-order chi connectivity index (χ1) is 19.1. The largest absolute Gasteiger partial charge is 0.507 e. The monoisotopic (exact) mass is 517 g/mol. The molecule has 0 saturated heterocycles. The summed E-state index contributed by atoms with van der Waals surface area (Å²) in [6.45, 7) is 4.93. The van der Waals surface area contributed by atoms with E-state index in [9.17, 15) is 5.11 Å². The summed E-state index contributed by atoms with van der Waals surface area (Å²) < 4.78 is 12.3. The van der Waals surface area contributed by atoms with Crippen LogP contribution in [0.4, 0.5) is 0 Å². The molecule has 39 heavy (non-hydrogen) atoms. The van der Waals surface area contributed by atoms with Crippen molar-refractivity contribution in [1.29, 1.82) is 0 Å². The Labute approximate surface area is 227 Å². The van der Waals surface area contributed by atoms with Crippen molar-refractivity contribution in [2.24, 2.45) is 5.92 Å². The minimum absolute atomic E-state index is 0.109. The molecule has 1 atom stereocenters. The summed E-state index contributed by atoms with van der Waals surface area (Å²) in [5, 5.41) is 14.9. The second-order valence-corrected chi connectivity index (χ2v) is 10.0. The molecule has 1 unspecified atom stereocenters. The highest BCUT2D eigenvalue weighted by Crippen LogP contribution is 2.35. The number of rotatable bonds is 9. The van der Waals surface area contributed by atoms with Gasteiger partial charge in [-0.15, -0.1) is 0 Å². The molecule has 0 radical (unpaired) electrons. The van der Waals surface area contributed by atoms with E-state index in [1.54, 1.807) is 18.2 Å². The minimum Gasteiger partial charge on any atom is -0.507 e. The third kappa shape index (κ3) is 5.02. The number of para-hydroxylation sites is 1. The Morgan fingerprint density at radius 1 is 0.795 bits per heavy atom. The first-order valence-corrected chi connectivity index (χ1v) is 13.7. The third-order valence-electron chi connectivity index (χ3n) is 7.35. The zero-order valence-corrected chi connectivity index (χ0v) is 22.2. The lowest BCUT2D eigenvalue weighted by Crippen LogP contribution is -2.13. The van der Waals surface area contributed by atoms with E-state index >= 15 is 0 Å². The molecule has 196 valence electrons. The van der Waals surface area contributed by atoms with Crippen molar-refractivity contribution in [3.05, 3.63) is 78.9 Å². The second kappa shape index (κ2) is 10.7. The summed E-state index contributed by atoms with van der Waals surface area (Å²) in [6, 6.07) is 25.8. The van der Waals surface area contributed by atoms with Crippen LogP contribution in [0.5, 0.6) is 11.8 Å². The maximum Gasteiger partial charge on any atom is 0.320 e. The summed E-state index contributed by atoms with van der Waals surface area (Å²) >= 11 is 0. The van der Waals surface area contributed by atoms with Crippen LogP contribution in [0, 0.1) is 5.92 Å². The number of aromatic hydroxyl groups is 1. The van der Waals surface area contributed by atoms with Crippen LogP contribution in [0.1, 0.15) is 39.5 Å². The maximum absolute atomic E-state index is 10.5. The van der Waals surface area contributed by atoms with E-state index in [2.05, 4.69) is 49.2 Å². The molecule has 0 aliphatic heterocycles. The van der Waals surface area contributed by atoms with Gasteiger partial charge in [0.1, 0.15) is 16.9 Å². The fourth-order valence-corrected chi connectivity index (χ4v) is 5.03. The third-order valence-corrected chi connectivity index (χ3v) is 7.35. The lowest BCUT2D eigenvalue weighted by Gasteiger charge is -2.15. The van der Waals surface area contributed by atoms with Crippen molar-refractivity contribution in [1.82, 2.24) is 15.0 Å². The summed E-state index contributed by atoms with van der Waals surface area (Å²) in [5.41, 5.74) is 3.00. The number of phenolic OH excluding ortho intramolecular Hbond substituents is 1. The number of nitrogens with zero attached hydrogens (tertiary/aromatic N) is 3. The van der Waals surface area contributed by atoms with Gasteiger partial charge < -0.3 is 14.3 Å². The van der Waals surface area contributed by atoms with Crippen molar-refractivity contribution in [2.45, 2.75) is 39.5 Å². The molecule has 4 aromatic carbocycles. The van der Waals surface area contributed by atoms with Gasteiger partial charge in [-0.2, -0.15) is 9.97 Å². The zero-order chi connectivity index (χ0) is 26.8. The van der Waals surface area contributed by atoms with E-state index in [0.717, 1.165) is 57.5 Å². The molecule has 0 bridgehead atoms. The molecule has 0 amide bonds. The van der Waals surface area contributed by atoms with Gasteiger partial charge in [0.25, 0.3) is 0 Å². The fourth-order valence-electron chi connectivity index (χ4n) is 5.03. The highest BCUT2D eigenvalue weighted by molar-refractivity contribution is 6.10. The number of aromatic nitrogens is 3. The Kier molecular flexibility index (Phi) is 6.84. The van der Waals surface area contributed by atoms with Crippen LogP contribution in [0.15, 0.2) is 83.3 Å². The molecular formula is C33H31N3O3. The van der Waals surface area contributed by atoms with E-state index in [1.165, 1.54) is 6.42 Å². The lowest BCUT2D eigenvalue weighted by molar-refractivity contribution is 0.217. The number of hydrogen-bond acceptors (Lipinski definition) is 6. The van der Waals surface area contributed by atoms with Crippen LogP contribution in [-0.4, -0.2) is 26.7 Å². The van der Waals surface area contributed by atoms with Crippen molar-refractivity contribution < 1.29 is 14.3 Å². The van der Waals surface area contributed by atoms with Crippen LogP contribution in [0.3, 0.4) is 0 Å². The maximum atomic E-state index is 10.5. The van der Waals surface area contributed by atoms with Gasteiger partial charge in [0.2, 0.25) is 0 Å². The van der Waals surface area contributed by atoms with Gasteiger partial charge in [-0.25, -0.2) is 4.98 Å². The number of ether oxygens (including phenoxy) is 1. The molecule has 0 spiro atoms. The van der Waals surface area contributed by atoms with Crippen molar-refractivity contribution >= 4 is 32.7 Å². The van der Waals surface area contributed by atoms with Crippen molar-refractivity contribution in [2.75, 3.05) is 6.61 Å². The quantitative estimate of drug-likeness (QED) is 0.207. The van der Waals surface area contributed by atoms with Crippen LogP contribution in [0.2, 0.25) is 0 Å². The fraction of sp³-hybridized carbons (Fsp3) is 0.242. The van der Waals surface area contributed by atoms with Crippen LogP contribution in [-0.2, 0) is 0 Å². The number of benzene rings is 4. The molecule has 0 aliphatic rings. The number of furan rings is 1. The average Bonchev–Trinajstić information content (AvgIpc) is 3.32. The van der Waals surface area contributed by atoms with E-state index in [-0.39, 0.29) is 11.8 Å². The Morgan fingerprint density at radius 3 is 2.33 bits per heavy atom. The van der Waals surface area contributed by atoms with E-state index in [4.69, 9.17) is 19.1 Å². The highest BCUT2D eigenvalue weighted by Gasteiger charge is 2.17. The molecule has 0 aliphatic carbocycles. The molecule has 0 saturated carbocycles. The van der Waals surface area contributed by atoms with Crippen LogP contribution in [0.25, 0.3) is 55.5 Å².